The first-order chi connectivity index (χ1) is 13.6. The second-order valence-electron chi connectivity index (χ2n) is 8.02. The minimum absolute atomic E-state index is 0.0185. The molecule has 1 saturated carbocycles. The van der Waals surface area contributed by atoms with Gasteiger partial charge in [0.1, 0.15) is 0 Å². The first-order valence-corrected chi connectivity index (χ1v) is 9.91. The number of nitrogens with two attached hydrogens (primary N) is 1. The fourth-order valence-electron chi connectivity index (χ4n) is 4.62. The Hall–Kier alpha value is -2.67. The van der Waals surface area contributed by atoms with Crippen molar-refractivity contribution in [2.24, 2.45) is 11.7 Å². The Labute approximate surface area is 162 Å². The van der Waals surface area contributed by atoms with Crippen LogP contribution in [0.5, 0.6) is 0 Å². The lowest BCUT2D eigenvalue weighted by Crippen LogP contribution is -2.26. The number of hydrogen-bond donors (Lipinski definition) is 2. The van der Waals surface area contributed by atoms with E-state index in [0.717, 1.165) is 48.8 Å². The number of aryl methyl sites for hydroxylation is 1. The van der Waals surface area contributed by atoms with Gasteiger partial charge in [0.15, 0.2) is 5.82 Å². The van der Waals surface area contributed by atoms with Crippen molar-refractivity contribution in [1.29, 1.82) is 0 Å². The Morgan fingerprint density at radius 1 is 1.32 bits per heavy atom. The third-order valence-corrected chi connectivity index (χ3v) is 6.17. The average molecular weight is 381 g/mol. The van der Waals surface area contributed by atoms with Crippen LogP contribution in [0.4, 0.5) is 10.1 Å². The first-order valence-electron chi connectivity index (χ1n) is 9.91. The van der Waals surface area contributed by atoms with Gasteiger partial charge in [0, 0.05) is 47.9 Å². The fourth-order valence-corrected chi connectivity index (χ4v) is 4.62. The Balaban J connectivity index is 1.85. The summed E-state index contributed by atoms with van der Waals surface area (Å²) in [5, 5.41) is 7.57. The molecular weight excluding hydrogens is 357 g/mol. The predicted octanol–water partition coefficient (Wildman–Crippen LogP) is 2.96. The van der Waals surface area contributed by atoms with E-state index in [4.69, 9.17) is 5.73 Å². The maximum atomic E-state index is 16.0. The Morgan fingerprint density at radius 2 is 2.14 bits per heavy atom. The number of anilines is 1. The molecule has 0 amide bonds. The second kappa shape index (κ2) is 6.44. The van der Waals surface area contributed by atoms with Crippen LogP contribution in [0, 0.1) is 18.7 Å². The second-order valence-corrected chi connectivity index (χ2v) is 8.02. The summed E-state index contributed by atoms with van der Waals surface area (Å²) in [7, 11) is 0. The molecule has 1 aromatic carbocycles. The molecule has 0 radical (unpaired) electrons. The van der Waals surface area contributed by atoms with E-state index in [1.807, 2.05) is 11.5 Å². The number of nitrogens with zero attached hydrogens (tertiary/aromatic N) is 3. The maximum Gasteiger partial charge on any atom is 0.251 e. The molecule has 3 aromatic rings. The van der Waals surface area contributed by atoms with E-state index in [1.165, 1.54) is 0 Å². The number of rotatable bonds is 4. The van der Waals surface area contributed by atoms with E-state index in [9.17, 15) is 4.79 Å². The summed E-state index contributed by atoms with van der Waals surface area (Å²) in [5.41, 5.74) is 9.32. The molecule has 28 heavy (non-hydrogen) atoms. The Kier molecular flexibility index (Phi) is 4.01. The standard InChI is InChI=1S/C21H24FN5O/c1-12-20-16(4-5-17(28)27(20)15-2-3-15)18(14-9-24-25-10-14)19(22)21(12)26-7-6-13(8-23)11-26/h4-5,9-10,13,15H,2-3,6-8,11,23H2,1H3,(H,24,25). The quantitative estimate of drug-likeness (QED) is 0.728. The van der Waals surface area contributed by atoms with Crippen LogP contribution in [-0.4, -0.2) is 34.4 Å². The Bertz CT molecular complexity index is 1100. The summed E-state index contributed by atoms with van der Waals surface area (Å²) in [4.78, 5) is 14.8. The van der Waals surface area contributed by atoms with Crippen molar-refractivity contribution >= 4 is 16.6 Å². The lowest BCUT2D eigenvalue weighted by Gasteiger charge is -2.26. The number of benzene rings is 1. The summed E-state index contributed by atoms with van der Waals surface area (Å²) < 4.78 is 17.8. The van der Waals surface area contributed by atoms with E-state index < -0.39 is 0 Å². The molecule has 1 saturated heterocycles. The molecule has 6 nitrogen and oxygen atoms in total. The lowest BCUT2D eigenvalue weighted by atomic mass is 9.96. The number of halogens is 1. The summed E-state index contributed by atoms with van der Waals surface area (Å²) in [5.74, 6) is 0.123. The minimum Gasteiger partial charge on any atom is -0.369 e. The van der Waals surface area contributed by atoms with E-state index in [0.29, 0.717) is 29.3 Å². The number of H-pyrrole nitrogens is 1. The monoisotopic (exact) mass is 381 g/mol. The van der Waals surface area contributed by atoms with E-state index >= 15 is 4.39 Å². The van der Waals surface area contributed by atoms with Gasteiger partial charge in [0.2, 0.25) is 0 Å². The largest absolute Gasteiger partial charge is 0.369 e. The lowest BCUT2D eigenvalue weighted by molar-refractivity contribution is 0.597. The third kappa shape index (κ3) is 2.57. The molecule has 2 aliphatic rings. The predicted molar refractivity (Wildman–Crippen MR) is 108 cm³/mol. The van der Waals surface area contributed by atoms with Crippen molar-refractivity contribution in [2.75, 3.05) is 24.5 Å². The van der Waals surface area contributed by atoms with E-state index in [-0.39, 0.29) is 17.4 Å². The molecule has 1 aliphatic carbocycles. The topological polar surface area (TPSA) is 79.9 Å². The minimum atomic E-state index is -0.245. The van der Waals surface area contributed by atoms with Crippen LogP contribution < -0.4 is 16.2 Å². The number of nitrogens with one attached hydrogen (secondary N) is 1. The van der Waals surface area contributed by atoms with Crippen LogP contribution in [0.15, 0.2) is 29.3 Å². The molecule has 146 valence electrons. The fraction of sp³-hybridized carbons (Fsp3) is 0.429. The molecule has 3 heterocycles. The summed E-state index contributed by atoms with van der Waals surface area (Å²) in [6, 6.07) is 3.52. The van der Waals surface area contributed by atoms with Gasteiger partial charge in [-0.25, -0.2) is 4.39 Å². The van der Waals surface area contributed by atoms with Gasteiger partial charge in [-0.3, -0.25) is 9.89 Å². The summed E-state index contributed by atoms with van der Waals surface area (Å²) >= 11 is 0. The Morgan fingerprint density at radius 3 is 2.79 bits per heavy atom. The number of aromatic amines is 1. The van der Waals surface area contributed by atoms with Crippen molar-refractivity contribution in [3.8, 4) is 11.1 Å². The SMILES string of the molecule is Cc1c(N2CCC(CN)C2)c(F)c(-c2cn[nH]c2)c2ccc(=O)n(C3CC3)c12. The highest BCUT2D eigenvalue weighted by atomic mass is 19.1. The van der Waals surface area contributed by atoms with Crippen molar-refractivity contribution in [1.82, 2.24) is 14.8 Å². The van der Waals surface area contributed by atoms with Crippen molar-refractivity contribution in [3.63, 3.8) is 0 Å². The van der Waals surface area contributed by atoms with Crippen molar-refractivity contribution in [2.45, 2.75) is 32.2 Å². The summed E-state index contributed by atoms with van der Waals surface area (Å²) in [6.45, 7) is 4.06. The zero-order valence-electron chi connectivity index (χ0n) is 15.9. The van der Waals surface area contributed by atoms with Gasteiger partial charge in [-0.05, 0) is 50.3 Å². The molecular formula is C21H24FN5O. The zero-order chi connectivity index (χ0) is 19.4. The van der Waals surface area contributed by atoms with Gasteiger partial charge in [0.25, 0.3) is 5.56 Å². The van der Waals surface area contributed by atoms with Crippen LogP contribution in [0.3, 0.4) is 0 Å². The number of aromatic nitrogens is 3. The smallest absolute Gasteiger partial charge is 0.251 e. The van der Waals surface area contributed by atoms with Gasteiger partial charge in [-0.15, -0.1) is 0 Å². The molecule has 7 heteroatoms. The number of pyridine rings is 1. The first kappa shape index (κ1) is 17.4. The molecule has 0 spiro atoms. The number of fused-ring (bicyclic) bond motifs is 1. The van der Waals surface area contributed by atoms with Crippen LogP contribution in [0.2, 0.25) is 0 Å². The van der Waals surface area contributed by atoms with Crippen LogP contribution in [0.1, 0.15) is 30.9 Å². The third-order valence-electron chi connectivity index (χ3n) is 6.17. The molecule has 5 rings (SSSR count). The average Bonchev–Trinajstić information content (AvgIpc) is 3.16. The zero-order valence-corrected chi connectivity index (χ0v) is 15.9. The molecule has 0 bridgehead atoms. The van der Waals surface area contributed by atoms with E-state index in [1.54, 1.807) is 24.5 Å². The highest BCUT2D eigenvalue weighted by Gasteiger charge is 2.32. The van der Waals surface area contributed by atoms with E-state index in [2.05, 4.69) is 15.1 Å². The molecule has 2 fully saturated rings. The molecule has 2 aromatic heterocycles. The van der Waals surface area contributed by atoms with Gasteiger partial charge >= 0.3 is 0 Å². The van der Waals surface area contributed by atoms with Gasteiger partial charge < -0.3 is 15.2 Å². The summed E-state index contributed by atoms with van der Waals surface area (Å²) in [6.07, 6.45) is 6.28. The normalized spacial score (nSPS) is 19.7. The molecule has 1 aliphatic heterocycles. The highest BCUT2D eigenvalue weighted by molar-refractivity contribution is 6.00. The van der Waals surface area contributed by atoms with Gasteiger partial charge in [-0.1, -0.05) is 0 Å². The maximum absolute atomic E-state index is 16.0. The molecule has 3 N–H and O–H groups in total. The van der Waals surface area contributed by atoms with Crippen LogP contribution in [0.25, 0.3) is 22.0 Å². The highest BCUT2D eigenvalue weighted by Crippen LogP contribution is 2.44. The van der Waals surface area contributed by atoms with Crippen molar-refractivity contribution in [3.05, 3.63) is 46.3 Å². The van der Waals surface area contributed by atoms with Gasteiger partial charge in [-0.2, -0.15) is 5.10 Å². The van der Waals surface area contributed by atoms with Crippen molar-refractivity contribution < 1.29 is 4.39 Å². The molecule has 1 unspecified atom stereocenters. The molecule has 1 atom stereocenters. The van der Waals surface area contributed by atoms with Crippen LogP contribution in [-0.2, 0) is 0 Å². The van der Waals surface area contributed by atoms with Gasteiger partial charge in [0.05, 0.1) is 17.4 Å². The van der Waals surface area contributed by atoms with Crippen LogP contribution >= 0.6 is 0 Å². The number of hydrogen-bond acceptors (Lipinski definition) is 4.